The molecule has 0 aliphatic carbocycles. The molecule has 0 aliphatic heterocycles. The Morgan fingerprint density at radius 1 is 0.963 bits per heavy atom. The molecule has 0 unspecified atom stereocenters. The molecule has 5 nitrogen and oxygen atoms in total. The molecule has 2 N–H and O–H groups in total. The van der Waals surface area contributed by atoms with Gasteiger partial charge in [-0.1, -0.05) is 12.1 Å². The lowest BCUT2D eigenvalue weighted by atomic mass is 10.1. The van der Waals surface area contributed by atoms with Gasteiger partial charge in [0.2, 0.25) is 0 Å². The third-order valence-electron chi connectivity index (χ3n) is 4.41. The van der Waals surface area contributed by atoms with Crippen LogP contribution >= 0.6 is 0 Å². The van der Waals surface area contributed by atoms with E-state index < -0.39 is 0 Å². The molecule has 1 aromatic heterocycles. The van der Waals surface area contributed by atoms with Gasteiger partial charge in [0, 0.05) is 5.56 Å². The lowest BCUT2D eigenvalue weighted by molar-refractivity contribution is 0.102. The van der Waals surface area contributed by atoms with E-state index >= 15 is 0 Å². The fraction of sp³-hybridized carbons (Fsp3) is 0.182. The molecule has 27 heavy (non-hydrogen) atoms. The van der Waals surface area contributed by atoms with E-state index in [2.05, 4.69) is 15.6 Å². The highest BCUT2D eigenvalue weighted by Crippen LogP contribution is 2.28. The van der Waals surface area contributed by atoms with Crippen molar-refractivity contribution in [3.05, 3.63) is 77.0 Å². The summed E-state index contributed by atoms with van der Waals surface area (Å²) in [6, 6.07) is 15.2. The van der Waals surface area contributed by atoms with Crippen molar-refractivity contribution in [2.45, 2.75) is 20.8 Å². The first-order chi connectivity index (χ1) is 13.0. The van der Waals surface area contributed by atoms with Gasteiger partial charge in [-0.3, -0.25) is 4.79 Å². The Hall–Kier alpha value is -3.34. The first kappa shape index (κ1) is 18.5. The van der Waals surface area contributed by atoms with Gasteiger partial charge in [0.1, 0.15) is 11.6 Å². The Bertz CT molecular complexity index is 966. The molecule has 0 atom stereocenters. The van der Waals surface area contributed by atoms with Gasteiger partial charge in [0.15, 0.2) is 0 Å². The van der Waals surface area contributed by atoms with Crippen molar-refractivity contribution in [1.29, 1.82) is 0 Å². The predicted octanol–water partition coefficient (Wildman–Crippen LogP) is 5.01. The quantitative estimate of drug-likeness (QED) is 0.670. The molecule has 0 fully saturated rings. The largest absolute Gasteiger partial charge is 0.495 e. The number of hydrogen-bond donors (Lipinski definition) is 2. The van der Waals surface area contributed by atoms with Gasteiger partial charge in [0.25, 0.3) is 5.91 Å². The van der Waals surface area contributed by atoms with Crippen LogP contribution < -0.4 is 15.4 Å². The Labute approximate surface area is 159 Å². The third-order valence-corrected chi connectivity index (χ3v) is 4.41. The standard InChI is InChI=1S/C22H23N3O2/c1-14-5-9-20(27-4)19(11-14)24-18-8-10-21(23-13-18)25-22(26)17-7-6-15(2)16(3)12-17/h5-13,24H,1-4H3,(H,23,25,26). The van der Waals surface area contributed by atoms with Gasteiger partial charge < -0.3 is 15.4 Å². The van der Waals surface area contributed by atoms with Crippen LogP contribution in [0.1, 0.15) is 27.0 Å². The monoisotopic (exact) mass is 361 g/mol. The number of methoxy groups -OCH3 is 1. The van der Waals surface area contributed by atoms with Gasteiger partial charge in [-0.2, -0.15) is 0 Å². The minimum absolute atomic E-state index is 0.174. The first-order valence-corrected chi connectivity index (χ1v) is 8.72. The Morgan fingerprint density at radius 3 is 2.44 bits per heavy atom. The molecule has 3 aromatic rings. The molecule has 3 rings (SSSR count). The van der Waals surface area contributed by atoms with Crippen LogP contribution in [0.4, 0.5) is 17.2 Å². The van der Waals surface area contributed by atoms with Crippen LogP contribution in [0, 0.1) is 20.8 Å². The molecule has 2 aromatic carbocycles. The van der Waals surface area contributed by atoms with Crippen molar-refractivity contribution in [2.75, 3.05) is 17.7 Å². The number of hydrogen-bond acceptors (Lipinski definition) is 4. The molecule has 0 radical (unpaired) electrons. The van der Waals surface area contributed by atoms with Crippen LogP contribution in [-0.4, -0.2) is 18.0 Å². The molecule has 0 saturated heterocycles. The van der Waals surface area contributed by atoms with E-state index in [1.54, 1.807) is 19.4 Å². The summed E-state index contributed by atoms with van der Waals surface area (Å²) in [6.07, 6.45) is 1.68. The highest BCUT2D eigenvalue weighted by molar-refractivity contribution is 6.04. The van der Waals surface area contributed by atoms with E-state index in [1.165, 1.54) is 0 Å². The summed E-state index contributed by atoms with van der Waals surface area (Å²) in [5.41, 5.74) is 5.67. The lowest BCUT2D eigenvalue weighted by Crippen LogP contribution is -2.13. The maximum atomic E-state index is 12.4. The van der Waals surface area contributed by atoms with E-state index in [4.69, 9.17) is 4.74 Å². The van der Waals surface area contributed by atoms with Crippen LogP contribution in [0.25, 0.3) is 0 Å². The van der Waals surface area contributed by atoms with Gasteiger partial charge in [-0.15, -0.1) is 0 Å². The van der Waals surface area contributed by atoms with Crippen LogP contribution in [0.2, 0.25) is 0 Å². The topological polar surface area (TPSA) is 63.2 Å². The van der Waals surface area contributed by atoms with Crippen LogP contribution in [-0.2, 0) is 0 Å². The normalized spacial score (nSPS) is 10.4. The number of ether oxygens (including phenoxy) is 1. The van der Waals surface area contributed by atoms with Gasteiger partial charge in [-0.25, -0.2) is 4.98 Å². The molecule has 1 heterocycles. The first-order valence-electron chi connectivity index (χ1n) is 8.72. The van der Waals surface area contributed by atoms with Crippen LogP contribution in [0.5, 0.6) is 5.75 Å². The molecule has 1 amide bonds. The van der Waals surface area contributed by atoms with E-state index in [0.717, 1.165) is 33.8 Å². The average Bonchev–Trinajstić information content (AvgIpc) is 2.65. The minimum atomic E-state index is -0.174. The van der Waals surface area contributed by atoms with E-state index in [0.29, 0.717) is 11.4 Å². The number of carbonyl (C=O) groups excluding carboxylic acids is 1. The van der Waals surface area contributed by atoms with Crippen molar-refractivity contribution in [1.82, 2.24) is 4.98 Å². The number of amides is 1. The van der Waals surface area contributed by atoms with Crippen molar-refractivity contribution in [3.8, 4) is 5.75 Å². The molecule has 0 bridgehead atoms. The third kappa shape index (κ3) is 4.44. The van der Waals surface area contributed by atoms with Gasteiger partial charge in [-0.05, 0) is 73.9 Å². The highest BCUT2D eigenvalue weighted by Gasteiger charge is 2.09. The average molecular weight is 361 g/mol. The Morgan fingerprint density at radius 2 is 1.78 bits per heavy atom. The van der Waals surface area contributed by atoms with E-state index in [1.807, 2.05) is 63.2 Å². The molecular formula is C22H23N3O2. The highest BCUT2D eigenvalue weighted by atomic mass is 16.5. The smallest absolute Gasteiger partial charge is 0.256 e. The van der Waals surface area contributed by atoms with Gasteiger partial charge in [0.05, 0.1) is 24.7 Å². The number of benzene rings is 2. The molecule has 5 heteroatoms. The van der Waals surface area contributed by atoms with Crippen LogP contribution in [0.3, 0.4) is 0 Å². The Balaban J connectivity index is 1.71. The zero-order chi connectivity index (χ0) is 19.4. The second kappa shape index (κ2) is 7.91. The SMILES string of the molecule is COc1ccc(C)cc1Nc1ccc(NC(=O)c2ccc(C)c(C)c2)nc1. The van der Waals surface area contributed by atoms with Gasteiger partial charge >= 0.3 is 0 Å². The maximum absolute atomic E-state index is 12.4. The zero-order valence-corrected chi connectivity index (χ0v) is 16.0. The number of pyridine rings is 1. The molecular weight excluding hydrogens is 338 g/mol. The van der Waals surface area contributed by atoms with Crippen LogP contribution in [0.15, 0.2) is 54.7 Å². The van der Waals surface area contributed by atoms with Crippen molar-refractivity contribution in [2.24, 2.45) is 0 Å². The molecule has 0 aliphatic rings. The maximum Gasteiger partial charge on any atom is 0.256 e. The Kier molecular flexibility index (Phi) is 5.41. The summed E-state index contributed by atoms with van der Waals surface area (Å²) < 4.78 is 5.38. The predicted molar refractivity (Wildman–Crippen MR) is 109 cm³/mol. The number of carbonyl (C=O) groups is 1. The van der Waals surface area contributed by atoms with E-state index in [-0.39, 0.29) is 5.91 Å². The summed E-state index contributed by atoms with van der Waals surface area (Å²) in [4.78, 5) is 16.7. The number of nitrogens with one attached hydrogen (secondary N) is 2. The zero-order valence-electron chi connectivity index (χ0n) is 16.0. The number of nitrogens with zero attached hydrogens (tertiary/aromatic N) is 1. The number of aromatic nitrogens is 1. The second-order valence-electron chi connectivity index (χ2n) is 6.51. The van der Waals surface area contributed by atoms with E-state index in [9.17, 15) is 4.79 Å². The van der Waals surface area contributed by atoms with Crippen molar-refractivity contribution >= 4 is 23.1 Å². The second-order valence-corrected chi connectivity index (χ2v) is 6.51. The van der Waals surface area contributed by atoms with Crippen molar-refractivity contribution < 1.29 is 9.53 Å². The lowest BCUT2D eigenvalue weighted by Gasteiger charge is -2.12. The number of aryl methyl sites for hydroxylation is 3. The molecule has 0 spiro atoms. The number of rotatable bonds is 5. The molecule has 0 saturated carbocycles. The minimum Gasteiger partial charge on any atom is -0.495 e. The summed E-state index contributed by atoms with van der Waals surface area (Å²) >= 11 is 0. The summed E-state index contributed by atoms with van der Waals surface area (Å²) in [7, 11) is 1.64. The fourth-order valence-corrected chi connectivity index (χ4v) is 2.69. The van der Waals surface area contributed by atoms with Crippen molar-refractivity contribution in [3.63, 3.8) is 0 Å². The number of anilines is 3. The molecule has 138 valence electrons. The summed E-state index contributed by atoms with van der Waals surface area (Å²) in [5.74, 6) is 1.08. The summed E-state index contributed by atoms with van der Waals surface area (Å²) in [6.45, 7) is 6.03. The fourth-order valence-electron chi connectivity index (χ4n) is 2.69. The summed E-state index contributed by atoms with van der Waals surface area (Å²) in [5, 5.41) is 6.12.